The number of anilines is 1. The first-order chi connectivity index (χ1) is 7.90. The minimum absolute atomic E-state index is 0.109. The highest BCUT2D eigenvalue weighted by molar-refractivity contribution is 7.93. The van der Waals surface area contributed by atoms with Gasteiger partial charge in [0.15, 0.2) is 5.25 Å². The van der Waals surface area contributed by atoms with Gasteiger partial charge in [0.1, 0.15) is 0 Å². The van der Waals surface area contributed by atoms with E-state index in [0.717, 1.165) is 0 Å². The van der Waals surface area contributed by atoms with Crippen LogP contribution in [0, 0.1) is 22.7 Å². The number of hydrogen-bond acceptors (Lipinski definition) is 4. The molecule has 5 nitrogen and oxygen atoms in total. The van der Waals surface area contributed by atoms with Gasteiger partial charge in [-0.3, -0.25) is 4.72 Å². The number of halogens is 1. The van der Waals surface area contributed by atoms with Crippen LogP contribution in [0.4, 0.5) is 5.69 Å². The zero-order chi connectivity index (χ0) is 13.1. The third-order valence-corrected chi connectivity index (χ3v) is 3.85. The molecular formula is C10H8ClN3O2S. The van der Waals surface area contributed by atoms with Crippen molar-refractivity contribution in [2.75, 3.05) is 4.72 Å². The maximum atomic E-state index is 11.6. The third-order valence-electron chi connectivity index (χ3n) is 2.00. The summed E-state index contributed by atoms with van der Waals surface area (Å²) in [5.74, 6) is 0. The summed E-state index contributed by atoms with van der Waals surface area (Å²) in [5, 5.41) is 16.1. The van der Waals surface area contributed by atoms with Gasteiger partial charge in [-0.2, -0.15) is 10.5 Å². The maximum absolute atomic E-state index is 11.6. The Kier molecular flexibility index (Phi) is 3.95. The van der Waals surface area contributed by atoms with Gasteiger partial charge < -0.3 is 0 Å². The summed E-state index contributed by atoms with van der Waals surface area (Å²) in [6, 6.07) is 7.65. The third kappa shape index (κ3) is 3.10. The molecule has 1 N–H and O–H groups in total. The molecule has 1 atom stereocenters. The summed E-state index contributed by atoms with van der Waals surface area (Å²) >= 11 is 5.80. The van der Waals surface area contributed by atoms with Gasteiger partial charge in [0.05, 0.1) is 28.4 Å². The number of benzene rings is 1. The summed E-state index contributed by atoms with van der Waals surface area (Å²) in [4.78, 5) is 0. The fourth-order valence-corrected chi connectivity index (χ4v) is 2.06. The largest absolute Gasteiger partial charge is 0.281 e. The van der Waals surface area contributed by atoms with Crippen LogP contribution in [0.2, 0.25) is 5.02 Å². The lowest BCUT2D eigenvalue weighted by Crippen LogP contribution is -2.23. The molecule has 0 aliphatic heterocycles. The van der Waals surface area contributed by atoms with Crippen LogP contribution in [0.3, 0.4) is 0 Å². The highest BCUT2D eigenvalue weighted by atomic mass is 35.5. The van der Waals surface area contributed by atoms with Gasteiger partial charge in [0, 0.05) is 0 Å². The lowest BCUT2D eigenvalue weighted by atomic mass is 10.2. The Labute approximate surface area is 104 Å². The van der Waals surface area contributed by atoms with Crippen LogP contribution >= 0.6 is 11.6 Å². The molecular weight excluding hydrogens is 262 g/mol. The minimum atomic E-state index is -3.78. The van der Waals surface area contributed by atoms with E-state index < -0.39 is 15.3 Å². The second-order valence-electron chi connectivity index (χ2n) is 3.22. The van der Waals surface area contributed by atoms with Crippen LogP contribution in [-0.2, 0) is 10.0 Å². The molecule has 0 saturated heterocycles. The van der Waals surface area contributed by atoms with E-state index in [0.29, 0.717) is 5.56 Å². The van der Waals surface area contributed by atoms with Crippen molar-refractivity contribution >= 4 is 27.3 Å². The van der Waals surface area contributed by atoms with E-state index in [4.69, 9.17) is 22.1 Å². The zero-order valence-electron chi connectivity index (χ0n) is 8.81. The Morgan fingerprint density at radius 2 is 2.06 bits per heavy atom. The topological polar surface area (TPSA) is 93.8 Å². The molecule has 0 aromatic heterocycles. The number of rotatable bonds is 3. The monoisotopic (exact) mass is 269 g/mol. The molecule has 0 radical (unpaired) electrons. The number of nitriles is 2. The quantitative estimate of drug-likeness (QED) is 0.906. The normalized spacial score (nSPS) is 12.2. The summed E-state index contributed by atoms with van der Waals surface area (Å²) < 4.78 is 25.4. The number of hydrogen-bond donors (Lipinski definition) is 1. The van der Waals surface area contributed by atoms with E-state index in [1.807, 2.05) is 6.07 Å². The zero-order valence-corrected chi connectivity index (χ0v) is 10.4. The SMILES string of the molecule is CC(C#N)S(=O)(=O)Nc1ccc(C#N)cc1Cl. The summed E-state index contributed by atoms with van der Waals surface area (Å²) in [7, 11) is -3.78. The molecule has 1 unspecified atom stereocenters. The second-order valence-corrected chi connectivity index (χ2v) is 5.63. The van der Waals surface area contributed by atoms with Crippen molar-refractivity contribution in [3.8, 4) is 12.1 Å². The van der Waals surface area contributed by atoms with Crippen molar-refractivity contribution < 1.29 is 8.42 Å². The number of sulfonamides is 1. The Hall–Kier alpha value is -1.76. The minimum Gasteiger partial charge on any atom is -0.281 e. The van der Waals surface area contributed by atoms with E-state index in [9.17, 15) is 8.42 Å². The first-order valence-electron chi connectivity index (χ1n) is 4.51. The van der Waals surface area contributed by atoms with E-state index >= 15 is 0 Å². The molecule has 88 valence electrons. The highest BCUT2D eigenvalue weighted by Crippen LogP contribution is 2.24. The van der Waals surface area contributed by atoms with Crippen LogP contribution in [-0.4, -0.2) is 13.7 Å². The van der Waals surface area contributed by atoms with E-state index in [-0.39, 0.29) is 10.7 Å². The van der Waals surface area contributed by atoms with Gasteiger partial charge in [0.2, 0.25) is 10.0 Å². The predicted octanol–water partition coefficient (Wildman–Crippen LogP) is 1.87. The fourth-order valence-electron chi connectivity index (χ4n) is 0.978. The molecule has 0 fully saturated rings. The molecule has 0 bridgehead atoms. The molecule has 0 amide bonds. The Bertz CT molecular complexity index is 613. The lowest BCUT2D eigenvalue weighted by molar-refractivity contribution is 0.597. The number of nitrogens with zero attached hydrogens (tertiary/aromatic N) is 2. The average Bonchev–Trinajstić information content (AvgIpc) is 2.30. The van der Waals surface area contributed by atoms with Gasteiger partial charge in [-0.1, -0.05) is 11.6 Å². The Balaban J connectivity index is 3.07. The van der Waals surface area contributed by atoms with Crippen molar-refractivity contribution in [1.82, 2.24) is 0 Å². The van der Waals surface area contributed by atoms with Gasteiger partial charge in [-0.15, -0.1) is 0 Å². The van der Waals surface area contributed by atoms with Crippen LogP contribution in [0.15, 0.2) is 18.2 Å². The fraction of sp³-hybridized carbons (Fsp3) is 0.200. The van der Waals surface area contributed by atoms with E-state index in [1.165, 1.54) is 25.1 Å². The van der Waals surface area contributed by atoms with Crippen molar-refractivity contribution in [2.45, 2.75) is 12.2 Å². The standard InChI is InChI=1S/C10H8ClN3O2S/c1-7(5-12)17(15,16)14-10-3-2-8(6-13)4-9(10)11/h2-4,7,14H,1H3. The predicted molar refractivity (Wildman–Crippen MR) is 63.8 cm³/mol. The molecule has 0 aliphatic rings. The molecule has 0 spiro atoms. The average molecular weight is 270 g/mol. The van der Waals surface area contributed by atoms with Crippen LogP contribution in [0.25, 0.3) is 0 Å². The first kappa shape index (κ1) is 13.3. The smallest absolute Gasteiger partial charge is 0.248 e. The molecule has 1 aromatic carbocycles. The van der Waals surface area contributed by atoms with Crippen LogP contribution < -0.4 is 4.72 Å². The second kappa shape index (κ2) is 5.05. The van der Waals surface area contributed by atoms with Gasteiger partial charge in [0.25, 0.3) is 0 Å². The lowest BCUT2D eigenvalue weighted by Gasteiger charge is -2.10. The van der Waals surface area contributed by atoms with Gasteiger partial charge in [-0.05, 0) is 25.1 Å². The van der Waals surface area contributed by atoms with Crippen molar-refractivity contribution in [2.24, 2.45) is 0 Å². The maximum Gasteiger partial charge on any atom is 0.248 e. The summed E-state index contributed by atoms with van der Waals surface area (Å²) in [5.41, 5.74) is 0.471. The van der Waals surface area contributed by atoms with Crippen LogP contribution in [0.1, 0.15) is 12.5 Å². The summed E-state index contributed by atoms with van der Waals surface area (Å²) in [6.07, 6.45) is 0. The van der Waals surface area contributed by atoms with Crippen molar-refractivity contribution in [1.29, 1.82) is 10.5 Å². The molecule has 7 heteroatoms. The molecule has 0 heterocycles. The summed E-state index contributed by atoms with van der Waals surface area (Å²) in [6.45, 7) is 1.26. The molecule has 0 aliphatic carbocycles. The Morgan fingerprint density at radius 3 is 2.53 bits per heavy atom. The van der Waals surface area contributed by atoms with Gasteiger partial charge in [-0.25, -0.2) is 8.42 Å². The molecule has 17 heavy (non-hydrogen) atoms. The Morgan fingerprint density at radius 1 is 1.41 bits per heavy atom. The van der Waals surface area contributed by atoms with E-state index in [2.05, 4.69) is 4.72 Å². The van der Waals surface area contributed by atoms with Crippen LogP contribution in [0.5, 0.6) is 0 Å². The van der Waals surface area contributed by atoms with Crippen molar-refractivity contribution in [3.05, 3.63) is 28.8 Å². The first-order valence-corrected chi connectivity index (χ1v) is 6.44. The molecule has 1 aromatic rings. The number of nitrogens with one attached hydrogen (secondary N) is 1. The highest BCUT2D eigenvalue weighted by Gasteiger charge is 2.20. The van der Waals surface area contributed by atoms with Crippen molar-refractivity contribution in [3.63, 3.8) is 0 Å². The molecule has 1 rings (SSSR count). The molecule has 0 saturated carbocycles. The van der Waals surface area contributed by atoms with Gasteiger partial charge >= 0.3 is 0 Å². The van der Waals surface area contributed by atoms with E-state index in [1.54, 1.807) is 6.07 Å².